The predicted molar refractivity (Wildman–Crippen MR) is 70.0 cm³/mol. The molecule has 0 aromatic heterocycles. The van der Waals surface area contributed by atoms with Gasteiger partial charge in [-0.2, -0.15) is 0 Å². The van der Waals surface area contributed by atoms with Gasteiger partial charge in [-0.25, -0.2) is 4.79 Å². The second-order valence-electron chi connectivity index (χ2n) is 4.01. The molecule has 0 aliphatic rings. The number of methoxy groups -OCH3 is 1. The van der Waals surface area contributed by atoms with Gasteiger partial charge in [-0.05, 0) is 35.4 Å². The Bertz CT molecular complexity index is 597. The van der Waals surface area contributed by atoms with E-state index in [9.17, 15) is 4.79 Å². The van der Waals surface area contributed by atoms with Gasteiger partial charge in [0.1, 0.15) is 0 Å². The molecule has 0 heterocycles. The average molecular weight is 226 g/mol. The van der Waals surface area contributed by atoms with Crippen LogP contribution in [-0.2, 0) is 4.74 Å². The maximum atomic E-state index is 11.6. The maximum absolute atomic E-state index is 11.6. The Kier molecular flexibility index (Phi) is 2.96. The standard InChI is InChI=1S/C15H14O2/c1-10(2)11-7-8-13-12(9-11)5-4-6-14(13)15(16)17-3/h4-9H,1H2,2-3H3. The lowest BCUT2D eigenvalue weighted by molar-refractivity contribution is 0.0603. The van der Waals surface area contributed by atoms with Crippen molar-refractivity contribution in [3.63, 3.8) is 0 Å². The van der Waals surface area contributed by atoms with Crippen LogP contribution in [0.3, 0.4) is 0 Å². The average Bonchev–Trinajstić information content (AvgIpc) is 2.36. The van der Waals surface area contributed by atoms with Crippen LogP contribution in [0.5, 0.6) is 0 Å². The third-order valence-corrected chi connectivity index (χ3v) is 2.78. The van der Waals surface area contributed by atoms with Crippen LogP contribution in [0.15, 0.2) is 43.0 Å². The van der Waals surface area contributed by atoms with Gasteiger partial charge in [0.05, 0.1) is 12.7 Å². The molecule has 0 aliphatic heterocycles. The third-order valence-electron chi connectivity index (χ3n) is 2.78. The molecular formula is C15H14O2. The lowest BCUT2D eigenvalue weighted by Crippen LogP contribution is -2.01. The molecule has 0 saturated heterocycles. The van der Waals surface area contributed by atoms with Crippen LogP contribution in [0.1, 0.15) is 22.8 Å². The van der Waals surface area contributed by atoms with E-state index in [1.54, 1.807) is 6.07 Å². The summed E-state index contributed by atoms with van der Waals surface area (Å²) in [6, 6.07) is 11.5. The van der Waals surface area contributed by atoms with Crippen molar-refractivity contribution >= 4 is 22.3 Å². The molecule has 2 aromatic carbocycles. The van der Waals surface area contributed by atoms with Crippen LogP contribution in [0.2, 0.25) is 0 Å². The molecule has 0 atom stereocenters. The van der Waals surface area contributed by atoms with Crippen molar-refractivity contribution in [2.75, 3.05) is 7.11 Å². The molecular weight excluding hydrogens is 212 g/mol. The normalized spacial score (nSPS) is 10.2. The monoisotopic (exact) mass is 226 g/mol. The Hall–Kier alpha value is -2.09. The number of ether oxygens (including phenoxy) is 1. The molecule has 0 fully saturated rings. The molecule has 0 saturated carbocycles. The van der Waals surface area contributed by atoms with E-state index in [0.717, 1.165) is 21.9 Å². The molecule has 0 amide bonds. The van der Waals surface area contributed by atoms with E-state index in [0.29, 0.717) is 5.56 Å². The van der Waals surface area contributed by atoms with Gasteiger partial charge in [0.15, 0.2) is 0 Å². The summed E-state index contributed by atoms with van der Waals surface area (Å²) >= 11 is 0. The highest BCUT2D eigenvalue weighted by Gasteiger charge is 2.09. The number of hydrogen-bond donors (Lipinski definition) is 0. The number of fused-ring (bicyclic) bond motifs is 1. The van der Waals surface area contributed by atoms with Gasteiger partial charge in [0.25, 0.3) is 0 Å². The Balaban J connectivity index is 2.67. The molecule has 0 bridgehead atoms. The third kappa shape index (κ3) is 2.07. The minimum Gasteiger partial charge on any atom is -0.465 e. The maximum Gasteiger partial charge on any atom is 0.338 e. The largest absolute Gasteiger partial charge is 0.465 e. The van der Waals surface area contributed by atoms with Crippen LogP contribution in [0.4, 0.5) is 0 Å². The molecule has 86 valence electrons. The van der Waals surface area contributed by atoms with E-state index < -0.39 is 0 Å². The second kappa shape index (κ2) is 4.42. The molecule has 2 heteroatoms. The van der Waals surface area contributed by atoms with Crippen LogP contribution < -0.4 is 0 Å². The Morgan fingerprint density at radius 3 is 2.65 bits per heavy atom. The van der Waals surface area contributed by atoms with Gasteiger partial charge in [-0.3, -0.25) is 0 Å². The summed E-state index contributed by atoms with van der Waals surface area (Å²) in [6.07, 6.45) is 0. The molecule has 0 N–H and O–H groups in total. The zero-order valence-electron chi connectivity index (χ0n) is 9.99. The fraction of sp³-hybridized carbons (Fsp3) is 0.133. The summed E-state index contributed by atoms with van der Waals surface area (Å²) in [5, 5.41) is 1.93. The summed E-state index contributed by atoms with van der Waals surface area (Å²) in [4.78, 5) is 11.6. The number of carbonyl (C=O) groups is 1. The van der Waals surface area contributed by atoms with E-state index in [2.05, 4.69) is 6.58 Å². The van der Waals surface area contributed by atoms with Gasteiger partial charge in [-0.1, -0.05) is 36.4 Å². The van der Waals surface area contributed by atoms with Gasteiger partial charge >= 0.3 is 5.97 Å². The highest BCUT2D eigenvalue weighted by atomic mass is 16.5. The van der Waals surface area contributed by atoms with Crippen LogP contribution in [0.25, 0.3) is 16.3 Å². The fourth-order valence-corrected chi connectivity index (χ4v) is 1.84. The molecule has 2 nitrogen and oxygen atoms in total. The van der Waals surface area contributed by atoms with E-state index in [1.807, 2.05) is 37.3 Å². The number of esters is 1. The number of carbonyl (C=O) groups excluding carboxylic acids is 1. The van der Waals surface area contributed by atoms with Crippen molar-refractivity contribution in [2.45, 2.75) is 6.92 Å². The first-order valence-electron chi connectivity index (χ1n) is 5.40. The van der Waals surface area contributed by atoms with Crippen molar-refractivity contribution in [3.05, 3.63) is 54.1 Å². The zero-order valence-corrected chi connectivity index (χ0v) is 9.99. The summed E-state index contributed by atoms with van der Waals surface area (Å²) in [5.41, 5.74) is 2.69. The fourth-order valence-electron chi connectivity index (χ4n) is 1.84. The molecule has 17 heavy (non-hydrogen) atoms. The first-order valence-corrected chi connectivity index (χ1v) is 5.40. The Morgan fingerprint density at radius 2 is 2.00 bits per heavy atom. The number of allylic oxidation sites excluding steroid dienone is 1. The zero-order chi connectivity index (χ0) is 12.4. The molecule has 0 unspecified atom stereocenters. The van der Waals surface area contributed by atoms with Crippen molar-refractivity contribution in [3.8, 4) is 0 Å². The number of hydrogen-bond acceptors (Lipinski definition) is 2. The topological polar surface area (TPSA) is 26.3 Å². The lowest BCUT2D eigenvalue weighted by Gasteiger charge is -2.07. The van der Waals surface area contributed by atoms with Crippen molar-refractivity contribution in [1.82, 2.24) is 0 Å². The molecule has 0 aliphatic carbocycles. The minimum absolute atomic E-state index is 0.307. The molecule has 0 spiro atoms. The van der Waals surface area contributed by atoms with Crippen molar-refractivity contribution in [1.29, 1.82) is 0 Å². The summed E-state index contributed by atoms with van der Waals surface area (Å²) in [7, 11) is 1.39. The minimum atomic E-state index is -0.307. The molecule has 2 aromatic rings. The van der Waals surface area contributed by atoms with Crippen LogP contribution >= 0.6 is 0 Å². The Morgan fingerprint density at radius 1 is 1.24 bits per heavy atom. The Labute approximate surface area is 101 Å². The number of benzene rings is 2. The van der Waals surface area contributed by atoms with Crippen molar-refractivity contribution in [2.24, 2.45) is 0 Å². The quantitative estimate of drug-likeness (QED) is 0.730. The van der Waals surface area contributed by atoms with Gasteiger partial charge in [0, 0.05) is 0 Å². The first-order chi connectivity index (χ1) is 8.13. The van der Waals surface area contributed by atoms with Gasteiger partial charge in [-0.15, -0.1) is 0 Å². The first kappa shape index (κ1) is 11.4. The summed E-state index contributed by atoms with van der Waals surface area (Å²) in [6.45, 7) is 5.88. The van der Waals surface area contributed by atoms with E-state index in [-0.39, 0.29) is 5.97 Å². The lowest BCUT2D eigenvalue weighted by atomic mass is 10.00. The summed E-state index contributed by atoms with van der Waals surface area (Å²) < 4.78 is 4.77. The number of rotatable bonds is 2. The SMILES string of the molecule is C=C(C)c1ccc2c(C(=O)OC)cccc2c1. The smallest absolute Gasteiger partial charge is 0.338 e. The second-order valence-corrected chi connectivity index (χ2v) is 4.01. The van der Waals surface area contributed by atoms with E-state index in [1.165, 1.54) is 7.11 Å². The molecule has 0 radical (unpaired) electrons. The van der Waals surface area contributed by atoms with Crippen LogP contribution in [0, 0.1) is 0 Å². The van der Waals surface area contributed by atoms with Gasteiger partial charge in [0.2, 0.25) is 0 Å². The highest BCUT2D eigenvalue weighted by Crippen LogP contribution is 2.23. The van der Waals surface area contributed by atoms with Gasteiger partial charge < -0.3 is 4.74 Å². The highest BCUT2D eigenvalue weighted by molar-refractivity contribution is 6.05. The molecule has 2 rings (SSSR count). The van der Waals surface area contributed by atoms with E-state index >= 15 is 0 Å². The van der Waals surface area contributed by atoms with Crippen LogP contribution in [-0.4, -0.2) is 13.1 Å². The summed E-state index contributed by atoms with van der Waals surface area (Å²) in [5.74, 6) is -0.307. The predicted octanol–water partition coefficient (Wildman–Crippen LogP) is 3.66. The van der Waals surface area contributed by atoms with Crippen molar-refractivity contribution < 1.29 is 9.53 Å². The van der Waals surface area contributed by atoms with E-state index in [4.69, 9.17) is 4.74 Å².